The molecule has 60 heavy (non-hydrogen) atoms. The van der Waals surface area contributed by atoms with E-state index in [2.05, 4.69) is 98.9 Å². The molecule has 1 atom stereocenters. The second-order valence-electron chi connectivity index (χ2n) is 16.5. The van der Waals surface area contributed by atoms with Crippen LogP contribution in [0.3, 0.4) is 0 Å². The molecule has 0 aliphatic heterocycles. The maximum atomic E-state index is 12.3. The monoisotopic (exact) mass is 835 g/mol. The van der Waals surface area contributed by atoms with Crippen molar-refractivity contribution >= 4 is 11.9 Å². The van der Waals surface area contributed by atoms with E-state index in [1.54, 1.807) is 0 Å². The third kappa shape index (κ3) is 47.8. The van der Waals surface area contributed by atoms with Gasteiger partial charge in [-0.2, -0.15) is 0 Å². The van der Waals surface area contributed by atoms with Gasteiger partial charge in [0.2, 0.25) is 0 Å². The van der Waals surface area contributed by atoms with Crippen molar-refractivity contribution in [2.24, 2.45) is 0 Å². The van der Waals surface area contributed by atoms with Crippen molar-refractivity contribution in [1.82, 2.24) is 0 Å². The van der Waals surface area contributed by atoms with E-state index in [1.807, 2.05) is 0 Å². The lowest BCUT2D eigenvalue weighted by Gasteiger charge is -2.15. The molecule has 5 nitrogen and oxygen atoms in total. The van der Waals surface area contributed by atoms with Gasteiger partial charge < -0.3 is 14.6 Å². The molecule has 0 heterocycles. The SMILES string of the molecule is CC/C=C\C/C=C\C/C=C\C/C=C\CCCCCCCCCCCCC(=O)OC(CO)COC(=O)CCCCCCCCCC/C=C\C/C=C\C/C=C\CCCCCCC. The highest BCUT2D eigenvalue weighted by atomic mass is 16.6. The lowest BCUT2D eigenvalue weighted by atomic mass is 10.0. The number of carbonyl (C=O) groups is 2. The van der Waals surface area contributed by atoms with Crippen LogP contribution in [0.4, 0.5) is 0 Å². The molecule has 1 unspecified atom stereocenters. The summed E-state index contributed by atoms with van der Waals surface area (Å²) in [6.45, 7) is 4.01. The van der Waals surface area contributed by atoms with Crippen molar-refractivity contribution in [3.8, 4) is 0 Å². The molecular formula is C55H94O5. The lowest BCUT2D eigenvalue weighted by molar-refractivity contribution is -0.161. The summed E-state index contributed by atoms with van der Waals surface area (Å²) in [5, 5.41) is 9.63. The zero-order valence-corrected chi connectivity index (χ0v) is 39.2. The Morgan fingerprint density at radius 3 is 1.08 bits per heavy atom. The molecular weight excluding hydrogens is 741 g/mol. The predicted octanol–water partition coefficient (Wildman–Crippen LogP) is 16.6. The number of allylic oxidation sites excluding steroid dienone is 14. The van der Waals surface area contributed by atoms with Gasteiger partial charge in [-0.05, 0) is 89.9 Å². The van der Waals surface area contributed by atoms with Gasteiger partial charge in [0.25, 0.3) is 0 Å². The van der Waals surface area contributed by atoms with Crippen LogP contribution in [0.25, 0.3) is 0 Å². The van der Waals surface area contributed by atoms with Gasteiger partial charge in [0.15, 0.2) is 6.10 Å². The summed E-state index contributed by atoms with van der Waals surface area (Å²) < 4.78 is 10.7. The molecule has 0 amide bonds. The first-order chi connectivity index (χ1) is 29.6. The van der Waals surface area contributed by atoms with Gasteiger partial charge in [0, 0.05) is 12.8 Å². The molecule has 0 fully saturated rings. The number of hydrogen-bond acceptors (Lipinski definition) is 5. The lowest BCUT2D eigenvalue weighted by Crippen LogP contribution is -2.28. The second kappa shape index (κ2) is 50.4. The molecule has 0 saturated carbocycles. The second-order valence-corrected chi connectivity index (χ2v) is 16.5. The molecule has 0 aliphatic carbocycles. The van der Waals surface area contributed by atoms with Gasteiger partial charge in [0.05, 0.1) is 6.61 Å². The molecule has 0 aromatic carbocycles. The molecule has 5 heteroatoms. The van der Waals surface area contributed by atoms with Crippen LogP contribution in [0.5, 0.6) is 0 Å². The summed E-state index contributed by atoms with van der Waals surface area (Å²) in [5.74, 6) is -0.604. The topological polar surface area (TPSA) is 72.8 Å². The standard InChI is InChI=1S/C55H94O5/c1-3-5-7-9-11-13-15-17-19-21-23-25-27-29-31-33-35-37-39-41-43-45-47-49-54(57)59-52-53(51-56)60-55(58)50-48-46-44-42-40-38-36-34-32-30-28-26-24-22-20-18-16-14-12-10-8-6-4-2/h6,8,12,14-15,17-18,20-21,23-24,26-27,29,53,56H,3-5,7,9-11,13,16,19,22,25,28,30-52H2,1-2H3/b8-6-,14-12-,17-15-,20-18-,23-21-,26-24-,29-27-. The number of ether oxygens (including phenoxy) is 2. The quantitative estimate of drug-likeness (QED) is 0.0376. The summed E-state index contributed by atoms with van der Waals surface area (Å²) >= 11 is 0. The molecule has 0 spiro atoms. The van der Waals surface area contributed by atoms with Crippen LogP contribution in [0.1, 0.15) is 232 Å². The maximum absolute atomic E-state index is 12.3. The van der Waals surface area contributed by atoms with Crippen molar-refractivity contribution in [2.45, 2.75) is 238 Å². The smallest absolute Gasteiger partial charge is 0.306 e. The fourth-order valence-corrected chi connectivity index (χ4v) is 6.91. The highest BCUT2D eigenvalue weighted by molar-refractivity contribution is 5.70. The van der Waals surface area contributed by atoms with Crippen LogP contribution < -0.4 is 0 Å². The first-order valence-corrected chi connectivity index (χ1v) is 25.1. The van der Waals surface area contributed by atoms with Gasteiger partial charge in [-0.3, -0.25) is 9.59 Å². The summed E-state index contributed by atoms with van der Waals surface area (Å²) in [6, 6.07) is 0. The molecule has 0 saturated heterocycles. The number of aliphatic hydroxyl groups is 1. The normalized spacial score (nSPS) is 12.9. The number of hydrogen-bond donors (Lipinski definition) is 1. The Morgan fingerprint density at radius 1 is 0.400 bits per heavy atom. The molecule has 0 bridgehead atoms. The average molecular weight is 835 g/mol. The highest BCUT2D eigenvalue weighted by Crippen LogP contribution is 2.14. The number of rotatable bonds is 45. The minimum atomic E-state index is -0.783. The Balaban J connectivity index is 3.55. The van der Waals surface area contributed by atoms with E-state index in [9.17, 15) is 14.7 Å². The summed E-state index contributed by atoms with van der Waals surface area (Å²) in [4.78, 5) is 24.5. The summed E-state index contributed by atoms with van der Waals surface area (Å²) in [6.07, 6.45) is 69.5. The van der Waals surface area contributed by atoms with Crippen LogP contribution in [0, 0.1) is 0 Å². The van der Waals surface area contributed by atoms with Crippen molar-refractivity contribution in [3.63, 3.8) is 0 Å². The Labute approximate surface area is 371 Å². The van der Waals surface area contributed by atoms with Crippen molar-refractivity contribution in [2.75, 3.05) is 13.2 Å². The third-order valence-electron chi connectivity index (χ3n) is 10.7. The molecule has 0 rings (SSSR count). The van der Waals surface area contributed by atoms with E-state index in [0.29, 0.717) is 12.8 Å². The Morgan fingerprint density at radius 2 is 0.717 bits per heavy atom. The van der Waals surface area contributed by atoms with Crippen LogP contribution in [-0.4, -0.2) is 36.4 Å². The van der Waals surface area contributed by atoms with E-state index in [4.69, 9.17) is 9.47 Å². The number of unbranched alkanes of at least 4 members (excludes halogenated alkanes) is 23. The van der Waals surface area contributed by atoms with Gasteiger partial charge >= 0.3 is 11.9 Å². The van der Waals surface area contributed by atoms with Crippen LogP contribution in [0.15, 0.2) is 85.1 Å². The van der Waals surface area contributed by atoms with Gasteiger partial charge in [0.1, 0.15) is 6.61 Å². The van der Waals surface area contributed by atoms with Crippen molar-refractivity contribution in [1.29, 1.82) is 0 Å². The molecule has 0 aliphatic rings. The average Bonchev–Trinajstić information content (AvgIpc) is 3.25. The molecule has 0 radical (unpaired) electrons. The minimum absolute atomic E-state index is 0.0750. The van der Waals surface area contributed by atoms with E-state index < -0.39 is 6.10 Å². The largest absolute Gasteiger partial charge is 0.462 e. The van der Waals surface area contributed by atoms with Crippen molar-refractivity contribution < 1.29 is 24.2 Å². The van der Waals surface area contributed by atoms with Gasteiger partial charge in [-0.1, -0.05) is 214 Å². The summed E-state index contributed by atoms with van der Waals surface area (Å²) in [5.41, 5.74) is 0. The van der Waals surface area contributed by atoms with E-state index in [1.165, 1.54) is 128 Å². The first kappa shape index (κ1) is 57.1. The predicted molar refractivity (Wildman–Crippen MR) is 260 cm³/mol. The van der Waals surface area contributed by atoms with Crippen LogP contribution >= 0.6 is 0 Å². The third-order valence-corrected chi connectivity index (χ3v) is 10.7. The minimum Gasteiger partial charge on any atom is -0.462 e. The molecule has 0 aromatic heterocycles. The fraction of sp³-hybridized carbons (Fsp3) is 0.709. The Bertz CT molecular complexity index is 1130. The number of esters is 2. The molecule has 0 aromatic rings. The van der Waals surface area contributed by atoms with Gasteiger partial charge in [-0.15, -0.1) is 0 Å². The highest BCUT2D eigenvalue weighted by Gasteiger charge is 2.16. The first-order valence-electron chi connectivity index (χ1n) is 25.1. The van der Waals surface area contributed by atoms with Crippen LogP contribution in [0.2, 0.25) is 0 Å². The number of aliphatic hydroxyl groups excluding tert-OH is 1. The van der Waals surface area contributed by atoms with Crippen LogP contribution in [-0.2, 0) is 19.1 Å². The summed E-state index contributed by atoms with van der Waals surface area (Å²) in [7, 11) is 0. The Kier molecular flexibility index (Phi) is 48.0. The van der Waals surface area contributed by atoms with E-state index in [-0.39, 0.29) is 25.2 Å². The van der Waals surface area contributed by atoms with E-state index in [0.717, 1.165) is 77.0 Å². The molecule has 344 valence electrons. The zero-order valence-electron chi connectivity index (χ0n) is 39.2. The fourth-order valence-electron chi connectivity index (χ4n) is 6.91. The van der Waals surface area contributed by atoms with Gasteiger partial charge in [-0.25, -0.2) is 0 Å². The zero-order chi connectivity index (χ0) is 43.5. The maximum Gasteiger partial charge on any atom is 0.306 e. The Hall–Kier alpha value is -2.92. The number of carbonyl (C=O) groups excluding carboxylic acids is 2. The molecule has 1 N–H and O–H groups in total. The van der Waals surface area contributed by atoms with Crippen molar-refractivity contribution in [3.05, 3.63) is 85.1 Å². The van der Waals surface area contributed by atoms with E-state index >= 15 is 0 Å².